The molecular formula is C17H30N2O2. The molecule has 120 valence electrons. The number of carbonyl (C=O) groups excluding carboxylic acids is 2. The third-order valence-corrected chi connectivity index (χ3v) is 4.82. The largest absolute Gasteiger partial charge is 0.342 e. The lowest BCUT2D eigenvalue weighted by atomic mass is 9.92. The first-order chi connectivity index (χ1) is 9.90. The Balaban J connectivity index is 2.16. The fourth-order valence-electron chi connectivity index (χ4n) is 3.61. The number of hydrogen-bond acceptors (Lipinski definition) is 2. The number of piperazine rings is 1. The Bertz CT molecular complexity index is 386. The van der Waals surface area contributed by atoms with Crippen LogP contribution in [-0.2, 0) is 9.59 Å². The van der Waals surface area contributed by atoms with E-state index in [0.29, 0.717) is 11.8 Å². The summed E-state index contributed by atoms with van der Waals surface area (Å²) in [5, 5.41) is 2.95. The lowest BCUT2D eigenvalue weighted by molar-refractivity contribution is -0.152. The zero-order chi connectivity index (χ0) is 15.6. The van der Waals surface area contributed by atoms with E-state index in [9.17, 15) is 9.59 Å². The predicted molar refractivity (Wildman–Crippen MR) is 83.7 cm³/mol. The van der Waals surface area contributed by atoms with Crippen LogP contribution in [0.15, 0.2) is 0 Å². The van der Waals surface area contributed by atoms with Crippen LogP contribution in [0.5, 0.6) is 0 Å². The van der Waals surface area contributed by atoms with Gasteiger partial charge in [0.05, 0.1) is 0 Å². The van der Waals surface area contributed by atoms with E-state index in [1.807, 2.05) is 18.7 Å². The van der Waals surface area contributed by atoms with Crippen molar-refractivity contribution in [1.82, 2.24) is 10.2 Å². The molecule has 1 N–H and O–H groups in total. The number of nitrogens with zero attached hydrogens (tertiary/aromatic N) is 1. The first-order valence-corrected chi connectivity index (χ1v) is 8.51. The molecule has 1 aliphatic carbocycles. The summed E-state index contributed by atoms with van der Waals surface area (Å²) in [6.45, 7) is 8.99. The van der Waals surface area contributed by atoms with Crippen molar-refractivity contribution >= 4 is 11.8 Å². The summed E-state index contributed by atoms with van der Waals surface area (Å²) in [6.07, 6.45) is 5.69. The molecule has 1 saturated carbocycles. The zero-order valence-electron chi connectivity index (χ0n) is 13.9. The Morgan fingerprint density at radius 2 is 1.76 bits per heavy atom. The highest BCUT2D eigenvalue weighted by atomic mass is 16.2. The van der Waals surface area contributed by atoms with Crippen LogP contribution < -0.4 is 5.32 Å². The van der Waals surface area contributed by atoms with Crippen LogP contribution in [-0.4, -0.2) is 35.3 Å². The minimum Gasteiger partial charge on any atom is -0.342 e. The molecule has 2 amide bonds. The maximum absolute atomic E-state index is 12.8. The van der Waals surface area contributed by atoms with Crippen LogP contribution in [0.25, 0.3) is 0 Å². The molecule has 0 aromatic carbocycles. The molecule has 2 aliphatic rings. The van der Waals surface area contributed by atoms with Crippen LogP contribution in [0.1, 0.15) is 59.8 Å². The Labute approximate surface area is 128 Å². The summed E-state index contributed by atoms with van der Waals surface area (Å²) >= 11 is 0. The second-order valence-corrected chi connectivity index (χ2v) is 7.52. The molecule has 0 aromatic rings. The molecule has 2 fully saturated rings. The van der Waals surface area contributed by atoms with Crippen molar-refractivity contribution in [2.45, 2.75) is 71.9 Å². The summed E-state index contributed by atoms with van der Waals surface area (Å²) < 4.78 is 0. The van der Waals surface area contributed by atoms with Crippen molar-refractivity contribution in [2.75, 3.05) is 6.54 Å². The van der Waals surface area contributed by atoms with E-state index >= 15 is 0 Å². The quantitative estimate of drug-likeness (QED) is 0.847. The van der Waals surface area contributed by atoms with Gasteiger partial charge in [-0.3, -0.25) is 9.59 Å². The van der Waals surface area contributed by atoms with Gasteiger partial charge in [0, 0.05) is 6.54 Å². The van der Waals surface area contributed by atoms with Gasteiger partial charge in [-0.25, -0.2) is 0 Å². The zero-order valence-corrected chi connectivity index (χ0v) is 13.9. The van der Waals surface area contributed by atoms with Gasteiger partial charge in [-0.15, -0.1) is 0 Å². The van der Waals surface area contributed by atoms with Gasteiger partial charge >= 0.3 is 0 Å². The second kappa shape index (κ2) is 6.80. The third-order valence-electron chi connectivity index (χ3n) is 4.82. The molecule has 2 atom stereocenters. The number of amides is 2. The van der Waals surface area contributed by atoms with Crippen LogP contribution >= 0.6 is 0 Å². The maximum Gasteiger partial charge on any atom is 0.246 e. The average molecular weight is 294 g/mol. The molecular weight excluding hydrogens is 264 g/mol. The smallest absolute Gasteiger partial charge is 0.246 e. The maximum atomic E-state index is 12.8. The van der Waals surface area contributed by atoms with Crippen LogP contribution in [0.4, 0.5) is 0 Å². The van der Waals surface area contributed by atoms with Gasteiger partial charge in [0.1, 0.15) is 12.1 Å². The molecule has 2 unspecified atom stereocenters. The summed E-state index contributed by atoms with van der Waals surface area (Å²) in [6, 6.07) is -0.615. The Hall–Kier alpha value is -1.06. The summed E-state index contributed by atoms with van der Waals surface area (Å²) in [5.41, 5.74) is 0. The van der Waals surface area contributed by atoms with Crippen molar-refractivity contribution in [3.8, 4) is 0 Å². The molecule has 4 heteroatoms. The molecule has 0 aromatic heterocycles. The molecule has 0 bridgehead atoms. The highest BCUT2D eigenvalue weighted by molar-refractivity contribution is 5.97. The Morgan fingerprint density at radius 3 is 2.29 bits per heavy atom. The van der Waals surface area contributed by atoms with Crippen molar-refractivity contribution in [1.29, 1.82) is 0 Å². The van der Waals surface area contributed by atoms with Gasteiger partial charge in [-0.1, -0.05) is 40.5 Å². The highest BCUT2D eigenvalue weighted by Crippen LogP contribution is 2.29. The van der Waals surface area contributed by atoms with Crippen molar-refractivity contribution < 1.29 is 9.59 Å². The van der Waals surface area contributed by atoms with Crippen LogP contribution in [0, 0.1) is 17.8 Å². The summed E-state index contributed by atoms with van der Waals surface area (Å²) in [7, 11) is 0. The molecule has 0 spiro atoms. The van der Waals surface area contributed by atoms with E-state index < -0.39 is 0 Å². The van der Waals surface area contributed by atoms with E-state index in [1.165, 1.54) is 25.7 Å². The van der Waals surface area contributed by atoms with E-state index in [2.05, 4.69) is 19.2 Å². The topological polar surface area (TPSA) is 49.4 Å². The lowest BCUT2D eigenvalue weighted by Crippen LogP contribution is -2.65. The van der Waals surface area contributed by atoms with Gasteiger partial charge < -0.3 is 10.2 Å². The van der Waals surface area contributed by atoms with Gasteiger partial charge in [0.15, 0.2) is 0 Å². The third kappa shape index (κ3) is 3.78. The molecule has 1 aliphatic heterocycles. The molecule has 1 saturated heterocycles. The van der Waals surface area contributed by atoms with E-state index in [4.69, 9.17) is 0 Å². The van der Waals surface area contributed by atoms with Crippen molar-refractivity contribution in [2.24, 2.45) is 17.8 Å². The molecule has 4 nitrogen and oxygen atoms in total. The van der Waals surface area contributed by atoms with Crippen LogP contribution in [0.3, 0.4) is 0 Å². The highest BCUT2D eigenvalue weighted by Gasteiger charge is 2.42. The molecule has 21 heavy (non-hydrogen) atoms. The molecule has 1 heterocycles. The predicted octanol–water partition coefficient (Wildman–Crippen LogP) is 2.57. The van der Waals surface area contributed by atoms with E-state index in [1.54, 1.807) is 0 Å². The van der Waals surface area contributed by atoms with Gasteiger partial charge in [-0.05, 0) is 37.0 Å². The monoisotopic (exact) mass is 294 g/mol. The number of rotatable bonds is 5. The molecule has 0 radical (unpaired) electrons. The standard InChI is InChI=1S/C17H30N2O2/c1-11(2)9-14-16(20)18-15(12(3)4)17(21)19(14)10-13-7-5-6-8-13/h11-15H,5-10H2,1-4H3,(H,18,20). The first kappa shape index (κ1) is 16.3. The minimum atomic E-state index is -0.345. The normalized spacial score (nSPS) is 27.8. The Kier molecular flexibility index (Phi) is 5.28. The molecule has 2 rings (SSSR count). The Morgan fingerprint density at radius 1 is 1.14 bits per heavy atom. The van der Waals surface area contributed by atoms with Gasteiger partial charge in [0.2, 0.25) is 11.8 Å². The van der Waals surface area contributed by atoms with Gasteiger partial charge in [0.25, 0.3) is 0 Å². The number of hydrogen-bond donors (Lipinski definition) is 1. The van der Waals surface area contributed by atoms with Crippen molar-refractivity contribution in [3.05, 3.63) is 0 Å². The van der Waals surface area contributed by atoms with E-state index in [0.717, 1.165) is 13.0 Å². The average Bonchev–Trinajstić information content (AvgIpc) is 2.89. The van der Waals surface area contributed by atoms with E-state index in [-0.39, 0.29) is 29.8 Å². The fraction of sp³-hybridized carbons (Fsp3) is 0.882. The van der Waals surface area contributed by atoms with Crippen molar-refractivity contribution in [3.63, 3.8) is 0 Å². The summed E-state index contributed by atoms with van der Waals surface area (Å²) in [4.78, 5) is 27.2. The fourth-order valence-corrected chi connectivity index (χ4v) is 3.61. The van der Waals surface area contributed by atoms with Gasteiger partial charge in [-0.2, -0.15) is 0 Å². The summed E-state index contributed by atoms with van der Waals surface area (Å²) in [5.74, 6) is 1.31. The van der Waals surface area contributed by atoms with Crippen LogP contribution in [0.2, 0.25) is 0 Å². The SMILES string of the molecule is CC(C)CC1C(=O)NC(C(C)C)C(=O)N1CC1CCCC1. The second-order valence-electron chi connectivity index (χ2n) is 7.52. The first-order valence-electron chi connectivity index (χ1n) is 8.51. The lowest BCUT2D eigenvalue weighted by Gasteiger charge is -2.42. The minimum absolute atomic E-state index is 0.0417. The number of carbonyl (C=O) groups is 2. The number of nitrogens with one attached hydrogen (secondary N) is 1.